The van der Waals surface area contributed by atoms with E-state index in [1.807, 2.05) is 38.1 Å². The van der Waals surface area contributed by atoms with Gasteiger partial charge in [0.25, 0.3) is 0 Å². The average molecular weight is 280 g/mol. The Morgan fingerprint density at radius 3 is 2.63 bits per heavy atom. The lowest BCUT2D eigenvalue weighted by molar-refractivity contribution is 0.242. The van der Waals surface area contributed by atoms with Crippen LogP contribution in [0.25, 0.3) is 0 Å². The molecule has 0 radical (unpaired) electrons. The summed E-state index contributed by atoms with van der Waals surface area (Å²) in [6.07, 6.45) is 1.17. The van der Waals surface area contributed by atoms with Gasteiger partial charge in [-0.3, -0.25) is 0 Å². The van der Waals surface area contributed by atoms with Crippen LogP contribution in [0.2, 0.25) is 0 Å². The van der Waals surface area contributed by atoms with Crippen LogP contribution in [0, 0.1) is 0 Å². The highest BCUT2D eigenvalue weighted by molar-refractivity contribution is 7.80. The summed E-state index contributed by atoms with van der Waals surface area (Å²) in [5.41, 5.74) is 0.929. The molecular formula is C15H24N2OS. The molecule has 19 heavy (non-hydrogen) atoms. The van der Waals surface area contributed by atoms with Gasteiger partial charge in [-0.2, -0.15) is 0 Å². The molecule has 0 aromatic heterocycles. The maximum absolute atomic E-state index is 5.65. The SMILES string of the molecule is CCC(C)(C)NC(=S)Nc1cccc(OC(C)C)c1. The summed E-state index contributed by atoms with van der Waals surface area (Å²) in [5, 5.41) is 7.11. The minimum absolute atomic E-state index is 0.00384. The van der Waals surface area contributed by atoms with Crippen molar-refractivity contribution in [3.63, 3.8) is 0 Å². The van der Waals surface area contributed by atoms with E-state index < -0.39 is 0 Å². The molecule has 0 aliphatic rings. The monoisotopic (exact) mass is 280 g/mol. The lowest BCUT2D eigenvalue weighted by atomic mass is 10.0. The first-order valence-corrected chi connectivity index (χ1v) is 7.09. The van der Waals surface area contributed by atoms with Gasteiger partial charge in [-0.25, -0.2) is 0 Å². The molecule has 106 valence electrons. The molecule has 1 aromatic carbocycles. The zero-order valence-corrected chi connectivity index (χ0v) is 13.2. The van der Waals surface area contributed by atoms with Gasteiger partial charge < -0.3 is 15.4 Å². The number of anilines is 1. The zero-order valence-electron chi connectivity index (χ0n) is 12.4. The Hall–Kier alpha value is -1.29. The summed E-state index contributed by atoms with van der Waals surface area (Å²) >= 11 is 5.32. The summed E-state index contributed by atoms with van der Waals surface area (Å²) in [4.78, 5) is 0. The fraction of sp³-hybridized carbons (Fsp3) is 0.533. The van der Waals surface area contributed by atoms with E-state index in [0.717, 1.165) is 17.9 Å². The van der Waals surface area contributed by atoms with Crippen LogP contribution >= 0.6 is 12.2 Å². The van der Waals surface area contributed by atoms with Gasteiger partial charge in [0.1, 0.15) is 5.75 Å². The number of ether oxygens (including phenoxy) is 1. The van der Waals surface area contributed by atoms with E-state index in [9.17, 15) is 0 Å². The van der Waals surface area contributed by atoms with E-state index in [4.69, 9.17) is 17.0 Å². The Morgan fingerprint density at radius 2 is 2.05 bits per heavy atom. The van der Waals surface area contributed by atoms with Gasteiger partial charge in [0, 0.05) is 17.3 Å². The molecule has 0 fully saturated rings. The van der Waals surface area contributed by atoms with Crippen molar-refractivity contribution in [3.8, 4) is 5.75 Å². The predicted molar refractivity (Wildman–Crippen MR) is 85.9 cm³/mol. The first-order chi connectivity index (χ1) is 8.82. The van der Waals surface area contributed by atoms with Crippen molar-refractivity contribution in [1.82, 2.24) is 5.32 Å². The highest BCUT2D eigenvalue weighted by Gasteiger charge is 2.15. The molecule has 0 saturated heterocycles. The second kappa shape index (κ2) is 6.75. The van der Waals surface area contributed by atoms with Crippen LogP contribution in [0.3, 0.4) is 0 Å². The molecule has 0 aliphatic carbocycles. The third kappa shape index (κ3) is 5.92. The Balaban J connectivity index is 2.64. The first-order valence-electron chi connectivity index (χ1n) is 6.68. The minimum atomic E-state index is -0.00384. The lowest BCUT2D eigenvalue weighted by Gasteiger charge is -2.26. The Kier molecular flexibility index (Phi) is 5.60. The van der Waals surface area contributed by atoms with Crippen molar-refractivity contribution >= 4 is 23.0 Å². The summed E-state index contributed by atoms with van der Waals surface area (Å²) in [6.45, 7) is 10.4. The molecule has 0 amide bonds. The van der Waals surface area contributed by atoms with Gasteiger partial charge in [-0.1, -0.05) is 13.0 Å². The van der Waals surface area contributed by atoms with Crippen molar-refractivity contribution in [3.05, 3.63) is 24.3 Å². The van der Waals surface area contributed by atoms with Crippen LogP contribution in [-0.2, 0) is 0 Å². The summed E-state index contributed by atoms with van der Waals surface area (Å²) < 4.78 is 5.65. The van der Waals surface area contributed by atoms with E-state index in [1.54, 1.807) is 0 Å². The Bertz CT molecular complexity index is 430. The van der Waals surface area contributed by atoms with Crippen molar-refractivity contribution in [2.24, 2.45) is 0 Å². The van der Waals surface area contributed by atoms with E-state index in [1.165, 1.54) is 0 Å². The van der Waals surface area contributed by atoms with Crippen molar-refractivity contribution in [1.29, 1.82) is 0 Å². The molecule has 0 aliphatic heterocycles. The van der Waals surface area contributed by atoms with E-state index in [2.05, 4.69) is 31.4 Å². The van der Waals surface area contributed by atoms with Crippen LogP contribution in [0.1, 0.15) is 41.0 Å². The van der Waals surface area contributed by atoms with Crippen molar-refractivity contribution in [2.75, 3.05) is 5.32 Å². The van der Waals surface area contributed by atoms with Gasteiger partial charge >= 0.3 is 0 Å². The lowest BCUT2D eigenvalue weighted by Crippen LogP contribution is -2.44. The van der Waals surface area contributed by atoms with Crippen LogP contribution in [-0.4, -0.2) is 16.8 Å². The van der Waals surface area contributed by atoms with Crippen molar-refractivity contribution < 1.29 is 4.74 Å². The third-order valence-corrected chi connectivity index (χ3v) is 3.00. The molecule has 3 nitrogen and oxygen atoms in total. The highest BCUT2D eigenvalue weighted by Crippen LogP contribution is 2.18. The second-order valence-electron chi connectivity index (χ2n) is 5.51. The second-order valence-corrected chi connectivity index (χ2v) is 5.92. The molecule has 0 atom stereocenters. The molecule has 0 heterocycles. The van der Waals surface area contributed by atoms with Gasteiger partial charge in [-0.15, -0.1) is 0 Å². The van der Waals surface area contributed by atoms with Gasteiger partial charge in [0.05, 0.1) is 6.10 Å². The Morgan fingerprint density at radius 1 is 1.37 bits per heavy atom. The van der Waals surface area contributed by atoms with E-state index in [0.29, 0.717) is 5.11 Å². The summed E-state index contributed by atoms with van der Waals surface area (Å²) in [6, 6.07) is 7.82. The van der Waals surface area contributed by atoms with Gasteiger partial charge in [0.2, 0.25) is 0 Å². The van der Waals surface area contributed by atoms with Crippen molar-refractivity contribution in [2.45, 2.75) is 52.7 Å². The largest absolute Gasteiger partial charge is 0.491 e. The van der Waals surface area contributed by atoms with Crippen LogP contribution in [0.15, 0.2) is 24.3 Å². The zero-order chi connectivity index (χ0) is 14.5. The predicted octanol–water partition coefficient (Wildman–Crippen LogP) is 3.95. The molecule has 2 N–H and O–H groups in total. The number of thiocarbonyl (C=S) groups is 1. The first kappa shape index (κ1) is 15.8. The quantitative estimate of drug-likeness (QED) is 0.800. The molecule has 4 heteroatoms. The molecular weight excluding hydrogens is 256 g/mol. The average Bonchev–Trinajstić information content (AvgIpc) is 2.27. The standard InChI is InChI=1S/C15H24N2OS/c1-6-15(4,5)17-14(19)16-12-8-7-9-13(10-12)18-11(2)3/h7-11H,6H2,1-5H3,(H2,16,17,19). The van der Waals surface area contributed by atoms with Crippen LogP contribution < -0.4 is 15.4 Å². The van der Waals surface area contributed by atoms with Gasteiger partial charge in [-0.05, 0) is 58.5 Å². The maximum atomic E-state index is 5.65. The number of hydrogen-bond acceptors (Lipinski definition) is 2. The van der Waals surface area contributed by atoms with Gasteiger partial charge in [0.15, 0.2) is 5.11 Å². The fourth-order valence-electron chi connectivity index (χ4n) is 1.48. The molecule has 0 unspecified atom stereocenters. The molecule has 1 rings (SSSR count). The molecule has 0 saturated carbocycles. The molecule has 0 bridgehead atoms. The van der Waals surface area contributed by atoms with Crippen LogP contribution in [0.5, 0.6) is 5.75 Å². The highest BCUT2D eigenvalue weighted by atomic mass is 32.1. The molecule has 0 spiro atoms. The number of nitrogens with one attached hydrogen (secondary N) is 2. The van der Waals surface area contributed by atoms with Crippen LogP contribution in [0.4, 0.5) is 5.69 Å². The number of hydrogen-bond donors (Lipinski definition) is 2. The van der Waals surface area contributed by atoms with E-state index >= 15 is 0 Å². The number of benzene rings is 1. The third-order valence-electron chi connectivity index (χ3n) is 2.80. The topological polar surface area (TPSA) is 33.3 Å². The normalized spacial score (nSPS) is 11.3. The maximum Gasteiger partial charge on any atom is 0.171 e. The fourth-order valence-corrected chi connectivity index (χ4v) is 1.87. The summed E-state index contributed by atoms with van der Waals surface area (Å²) in [5.74, 6) is 0.845. The summed E-state index contributed by atoms with van der Waals surface area (Å²) in [7, 11) is 0. The smallest absolute Gasteiger partial charge is 0.171 e. The molecule has 1 aromatic rings. The van der Waals surface area contributed by atoms with E-state index in [-0.39, 0.29) is 11.6 Å². The minimum Gasteiger partial charge on any atom is -0.491 e. The number of rotatable bonds is 5. The Labute approximate surface area is 121 Å².